The summed E-state index contributed by atoms with van der Waals surface area (Å²) in [4.78, 5) is 4.55. The third-order valence-electron chi connectivity index (χ3n) is 4.48. The van der Waals surface area contributed by atoms with Gasteiger partial charge < -0.3 is 0 Å². The van der Waals surface area contributed by atoms with Crippen molar-refractivity contribution in [3.63, 3.8) is 0 Å². The van der Waals surface area contributed by atoms with Crippen LogP contribution in [0.25, 0.3) is 10.9 Å². The van der Waals surface area contributed by atoms with E-state index in [1.807, 2.05) is 12.3 Å². The molecular weight excluding hydrogens is 258 g/mol. The largest absolute Gasteiger partial charge is 0.271 e. The van der Waals surface area contributed by atoms with Gasteiger partial charge in [0.25, 0.3) is 0 Å². The molecule has 1 aliphatic rings. The molecule has 2 atom stereocenters. The number of nitrogens with two attached hydrogens (primary N) is 1. The first-order valence-corrected chi connectivity index (χ1v) is 7.26. The van der Waals surface area contributed by atoms with Crippen LogP contribution in [0.5, 0.6) is 0 Å². The van der Waals surface area contributed by atoms with Crippen molar-refractivity contribution in [1.82, 2.24) is 10.4 Å². The minimum absolute atomic E-state index is 0.0958. The van der Waals surface area contributed by atoms with Crippen molar-refractivity contribution < 1.29 is 0 Å². The first-order valence-electron chi connectivity index (χ1n) is 7.26. The number of rotatable bonds is 3. The number of nitrogens with zero attached hydrogens (tertiary/aromatic N) is 1. The first kappa shape index (κ1) is 12.5. The van der Waals surface area contributed by atoms with Crippen molar-refractivity contribution in [1.29, 1.82) is 0 Å². The topological polar surface area (TPSA) is 50.9 Å². The molecule has 1 aliphatic carbocycles. The van der Waals surface area contributed by atoms with Gasteiger partial charge in [-0.15, -0.1) is 0 Å². The predicted octanol–water partition coefficient (Wildman–Crippen LogP) is 3.08. The lowest BCUT2D eigenvalue weighted by atomic mass is 9.71. The molecule has 0 aliphatic heterocycles. The Labute approximate surface area is 123 Å². The lowest BCUT2D eigenvalue weighted by Crippen LogP contribution is -2.37. The Morgan fingerprint density at radius 3 is 2.76 bits per heavy atom. The Bertz CT molecular complexity index is 792. The average molecular weight is 275 g/mol. The van der Waals surface area contributed by atoms with Gasteiger partial charge in [-0.1, -0.05) is 48.5 Å². The summed E-state index contributed by atoms with van der Waals surface area (Å²) < 4.78 is 0. The van der Waals surface area contributed by atoms with Crippen molar-refractivity contribution in [2.45, 2.75) is 18.4 Å². The fourth-order valence-electron chi connectivity index (χ4n) is 3.40. The Morgan fingerprint density at radius 2 is 1.90 bits per heavy atom. The number of fused-ring (bicyclic) bond motifs is 2. The van der Waals surface area contributed by atoms with E-state index in [1.54, 1.807) is 0 Å². The fraction of sp³-hybridized carbons (Fsp3) is 0.167. The molecule has 0 bridgehead atoms. The molecule has 21 heavy (non-hydrogen) atoms. The molecule has 3 aromatic rings. The van der Waals surface area contributed by atoms with Crippen molar-refractivity contribution in [2.24, 2.45) is 5.84 Å². The molecule has 2 unspecified atom stereocenters. The molecule has 104 valence electrons. The quantitative estimate of drug-likeness (QED) is 0.570. The van der Waals surface area contributed by atoms with Gasteiger partial charge in [-0.05, 0) is 29.2 Å². The van der Waals surface area contributed by atoms with Crippen LogP contribution in [0.15, 0.2) is 60.8 Å². The molecule has 2 aromatic carbocycles. The lowest BCUT2D eigenvalue weighted by Gasteiger charge is -2.36. The monoisotopic (exact) mass is 275 g/mol. The number of hydrogen-bond acceptors (Lipinski definition) is 3. The summed E-state index contributed by atoms with van der Waals surface area (Å²) in [5.74, 6) is 6.30. The highest BCUT2D eigenvalue weighted by Gasteiger charge is 2.33. The summed E-state index contributed by atoms with van der Waals surface area (Å²) in [6.45, 7) is 0. The predicted molar refractivity (Wildman–Crippen MR) is 84.7 cm³/mol. The van der Waals surface area contributed by atoms with Crippen molar-refractivity contribution in [3.8, 4) is 0 Å². The van der Waals surface area contributed by atoms with E-state index in [4.69, 9.17) is 5.84 Å². The molecule has 0 amide bonds. The highest BCUT2D eigenvalue weighted by Crippen LogP contribution is 2.44. The van der Waals surface area contributed by atoms with E-state index in [0.717, 1.165) is 17.3 Å². The number of hydrazine groups is 1. The number of pyridine rings is 1. The molecule has 4 rings (SSSR count). The van der Waals surface area contributed by atoms with Gasteiger partial charge in [0.15, 0.2) is 0 Å². The number of benzene rings is 2. The third kappa shape index (κ3) is 1.94. The highest BCUT2D eigenvalue weighted by molar-refractivity contribution is 5.82. The van der Waals surface area contributed by atoms with Crippen LogP contribution in [0.4, 0.5) is 0 Å². The molecule has 0 fully saturated rings. The highest BCUT2D eigenvalue weighted by atomic mass is 15.2. The minimum Gasteiger partial charge on any atom is -0.271 e. The van der Waals surface area contributed by atoms with Crippen LogP contribution in [-0.4, -0.2) is 4.98 Å². The smallest absolute Gasteiger partial charge is 0.0750 e. The Balaban J connectivity index is 1.80. The Kier molecular flexibility index (Phi) is 2.95. The first-order chi connectivity index (χ1) is 10.4. The van der Waals surface area contributed by atoms with E-state index in [2.05, 4.69) is 58.9 Å². The zero-order valence-corrected chi connectivity index (χ0v) is 11.7. The second-order valence-corrected chi connectivity index (χ2v) is 5.58. The molecule has 3 N–H and O–H groups in total. The van der Waals surface area contributed by atoms with Gasteiger partial charge >= 0.3 is 0 Å². The zero-order valence-electron chi connectivity index (χ0n) is 11.7. The summed E-state index contributed by atoms with van der Waals surface area (Å²) in [5.41, 5.74) is 8.05. The van der Waals surface area contributed by atoms with Crippen LogP contribution in [0.3, 0.4) is 0 Å². The molecule has 0 saturated carbocycles. The van der Waals surface area contributed by atoms with Crippen molar-refractivity contribution in [2.75, 3.05) is 0 Å². The zero-order chi connectivity index (χ0) is 14.2. The van der Waals surface area contributed by atoms with Gasteiger partial charge in [0.05, 0.1) is 11.6 Å². The van der Waals surface area contributed by atoms with E-state index in [9.17, 15) is 0 Å². The number of nitrogens with one attached hydrogen (secondary N) is 1. The molecule has 1 heterocycles. The average Bonchev–Trinajstić information content (AvgIpc) is 2.52. The lowest BCUT2D eigenvalue weighted by molar-refractivity contribution is 0.421. The molecular formula is C18H17N3. The maximum atomic E-state index is 5.89. The fourth-order valence-corrected chi connectivity index (χ4v) is 3.40. The van der Waals surface area contributed by atoms with Crippen LogP contribution >= 0.6 is 0 Å². The van der Waals surface area contributed by atoms with E-state index in [-0.39, 0.29) is 6.04 Å². The van der Waals surface area contributed by atoms with E-state index in [1.165, 1.54) is 16.7 Å². The van der Waals surface area contributed by atoms with Crippen LogP contribution in [0.1, 0.15) is 28.7 Å². The van der Waals surface area contributed by atoms with E-state index >= 15 is 0 Å². The van der Waals surface area contributed by atoms with Crippen molar-refractivity contribution >= 4 is 10.9 Å². The van der Waals surface area contributed by atoms with Gasteiger partial charge in [0, 0.05) is 17.5 Å². The van der Waals surface area contributed by atoms with Crippen LogP contribution in [-0.2, 0) is 6.42 Å². The Hall–Kier alpha value is -2.23. The van der Waals surface area contributed by atoms with Gasteiger partial charge in [-0.2, -0.15) is 0 Å². The van der Waals surface area contributed by atoms with Crippen LogP contribution in [0, 0.1) is 0 Å². The number of hydrogen-bond donors (Lipinski definition) is 2. The second-order valence-electron chi connectivity index (χ2n) is 5.58. The standard InChI is InChI=1S/C18H17N3/c19-21-18(16-11-13-5-1-2-8-14(13)16)15-9-3-6-12-7-4-10-20-17(12)15/h1-10,16,18,21H,11,19H2. The van der Waals surface area contributed by atoms with Crippen LogP contribution < -0.4 is 11.3 Å². The minimum atomic E-state index is 0.0958. The Morgan fingerprint density at radius 1 is 1.05 bits per heavy atom. The number of para-hydroxylation sites is 1. The SMILES string of the molecule is NNC(c1cccc2cccnc12)C1Cc2ccccc21. The molecule has 3 heteroatoms. The van der Waals surface area contributed by atoms with Gasteiger partial charge in [-0.25, -0.2) is 0 Å². The molecule has 0 saturated heterocycles. The van der Waals surface area contributed by atoms with E-state index < -0.39 is 0 Å². The van der Waals surface area contributed by atoms with Gasteiger partial charge in [-0.3, -0.25) is 16.3 Å². The van der Waals surface area contributed by atoms with E-state index in [0.29, 0.717) is 5.92 Å². The summed E-state index contributed by atoms with van der Waals surface area (Å²) >= 11 is 0. The second kappa shape index (κ2) is 4.95. The molecule has 0 spiro atoms. The summed E-state index contributed by atoms with van der Waals surface area (Å²) in [7, 11) is 0. The normalized spacial score (nSPS) is 18.0. The summed E-state index contributed by atoms with van der Waals surface area (Å²) in [5, 5.41) is 1.16. The van der Waals surface area contributed by atoms with Gasteiger partial charge in [0.2, 0.25) is 0 Å². The third-order valence-corrected chi connectivity index (χ3v) is 4.48. The summed E-state index contributed by atoms with van der Waals surface area (Å²) in [6, 6.07) is 19.0. The van der Waals surface area contributed by atoms with Crippen molar-refractivity contribution in [3.05, 3.63) is 77.5 Å². The van der Waals surface area contributed by atoms with Gasteiger partial charge in [0.1, 0.15) is 0 Å². The molecule has 1 aromatic heterocycles. The molecule has 3 nitrogen and oxygen atoms in total. The molecule has 0 radical (unpaired) electrons. The van der Waals surface area contributed by atoms with Crippen LogP contribution in [0.2, 0.25) is 0 Å². The summed E-state index contributed by atoms with van der Waals surface area (Å²) in [6.07, 6.45) is 2.91. The number of aromatic nitrogens is 1. The maximum Gasteiger partial charge on any atom is 0.0750 e. The maximum absolute atomic E-state index is 5.89.